The maximum Gasteiger partial charge on any atom is 0.161 e. The summed E-state index contributed by atoms with van der Waals surface area (Å²) in [6, 6.07) is 28.7. The molecule has 166 valence electrons. The van der Waals surface area contributed by atoms with Crippen LogP contribution in [0.4, 0.5) is 0 Å². The van der Waals surface area contributed by atoms with Gasteiger partial charge >= 0.3 is 0 Å². The van der Waals surface area contributed by atoms with E-state index in [1.54, 1.807) is 0 Å². The number of hydrogen-bond acceptors (Lipinski definition) is 5. The third kappa shape index (κ3) is 7.24. The fourth-order valence-electron chi connectivity index (χ4n) is 3.30. The Morgan fingerprint density at radius 3 is 1.50 bits per heavy atom. The molecule has 0 aromatic heterocycles. The van der Waals surface area contributed by atoms with Crippen LogP contribution in [0.15, 0.2) is 91.0 Å². The molecule has 3 aromatic rings. The largest absolute Gasteiger partial charge is 0.367 e. The van der Waals surface area contributed by atoms with Crippen molar-refractivity contribution < 1.29 is 23.8 Å². The van der Waals surface area contributed by atoms with Gasteiger partial charge in [0.1, 0.15) is 18.3 Å². The van der Waals surface area contributed by atoms with Crippen LogP contribution in [0, 0.1) is 0 Å². The number of rotatable bonds is 13. The van der Waals surface area contributed by atoms with E-state index in [0.29, 0.717) is 6.29 Å². The Labute approximate surface area is 188 Å². The topological polar surface area (TPSA) is 61.8 Å². The molecule has 0 fully saturated rings. The molecule has 0 aliphatic rings. The van der Waals surface area contributed by atoms with Crippen molar-refractivity contribution in [2.24, 2.45) is 0 Å². The zero-order valence-corrected chi connectivity index (χ0v) is 18.1. The van der Waals surface area contributed by atoms with E-state index in [4.69, 9.17) is 14.2 Å². The summed E-state index contributed by atoms with van der Waals surface area (Å²) in [6.07, 6.45) is -2.13. The van der Waals surface area contributed by atoms with Crippen molar-refractivity contribution >= 4 is 12.1 Å². The van der Waals surface area contributed by atoms with E-state index in [9.17, 15) is 9.59 Å². The van der Waals surface area contributed by atoms with Gasteiger partial charge in [-0.3, -0.25) is 4.79 Å². The molecule has 3 aromatic carbocycles. The first kappa shape index (κ1) is 23.5. The highest BCUT2D eigenvalue weighted by Gasteiger charge is 2.35. The van der Waals surface area contributed by atoms with Gasteiger partial charge in [-0.25, -0.2) is 0 Å². The standard InChI is InChI=1S/C27H28O5/c1-21(29)26(31-19-23-13-7-3-8-14-23)27(32-20-24-15-9-4-10-16-24)25(17-28)30-18-22-11-5-2-6-12-22/h2-17,25-27H,18-20H2,1H3/t25-,26+,27+/m0/s1. The van der Waals surface area contributed by atoms with E-state index in [1.807, 2.05) is 91.0 Å². The summed E-state index contributed by atoms with van der Waals surface area (Å²) in [5.74, 6) is -0.228. The Hall–Kier alpha value is -3.12. The molecule has 0 bridgehead atoms. The molecule has 0 N–H and O–H groups in total. The van der Waals surface area contributed by atoms with E-state index >= 15 is 0 Å². The van der Waals surface area contributed by atoms with Gasteiger partial charge in [-0.05, 0) is 23.6 Å². The molecular weight excluding hydrogens is 404 g/mol. The maximum absolute atomic E-state index is 12.5. The first-order chi connectivity index (χ1) is 15.7. The fourth-order valence-corrected chi connectivity index (χ4v) is 3.30. The highest BCUT2D eigenvalue weighted by atomic mass is 16.6. The Morgan fingerprint density at radius 2 is 1.09 bits per heavy atom. The van der Waals surface area contributed by atoms with Crippen molar-refractivity contribution in [3.63, 3.8) is 0 Å². The van der Waals surface area contributed by atoms with E-state index in [0.717, 1.165) is 16.7 Å². The molecule has 3 atom stereocenters. The number of benzene rings is 3. The van der Waals surface area contributed by atoms with Gasteiger partial charge in [0.25, 0.3) is 0 Å². The SMILES string of the molecule is CC(=O)[C@@H](OCc1ccccc1)[C@H](OCc1ccccc1)[C@H](C=O)OCc1ccccc1. The normalized spacial score (nSPS) is 13.8. The molecule has 0 aliphatic heterocycles. The molecule has 0 saturated carbocycles. The molecule has 3 rings (SSSR count). The lowest BCUT2D eigenvalue weighted by Gasteiger charge is -2.30. The van der Waals surface area contributed by atoms with Crippen LogP contribution in [0.1, 0.15) is 23.6 Å². The van der Waals surface area contributed by atoms with Crippen LogP contribution >= 0.6 is 0 Å². The minimum absolute atomic E-state index is 0.221. The van der Waals surface area contributed by atoms with Gasteiger partial charge < -0.3 is 19.0 Å². The van der Waals surface area contributed by atoms with Crippen LogP contribution in [-0.2, 0) is 43.6 Å². The number of aldehydes is 1. The molecule has 0 amide bonds. The monoisotopic (exact) mass is 432 g/mol. The number of Topliss-reactive ketones (excluding diaryl/α,β-unsaturated/α-hetero) is 1. The number of carbonyl (C=O) groups is 2. The third-order valence-electron chi connectivity index (χ3n) is 5.00. The molecular formula is C27H28O5. The second-order valence-electron chi connectivity index (χ2n) is 7.49. The lowest BCUT2D eigenvalue weighted by Crippen LogP contribution is -2.46. The van der Waals surface area contributed by atoms with Crippen molar-refractivity contribution in [3.05, 3.63) is 108 Å². The predicted molar refractivity (Wildman–Crippen MR) is 122 cm³/mol. The van der Waals surface area contributed by atoms with Crippen molar-refractivity contribution in [2.45, 2.75) is 45.1 Å². The van der Waals surface area contributed by atoms with Gasteiger partial charge in [-0.2, -0.15) is 0 Å². The lowest BCUT2D eigenvalue weighted by atomic mass is 10.0. The van der Waals surface area contributed by atoms with E-state index in [2.05, 4.69) is 0 Å². The molecule has 0 spiro atoms. The van der Waals surface area contributed by atoms with Gasteiger partial charge in [0.2, 0.25) is 0 Å². The van der Waals surface area contributed by atoms with Gasteiger partial charge in [0.05, 0.1) is 19.8 Å². The Bertz CT molecular complexity index is 944. The number of ketones is 1. The van der Waals surface area contributed by atoms with Crippen LogP contribution < -0.4 is 0 Å². The van der Waals surface area contributed by atoms with E-state index in [-0.39, 0.29) is 25.6 Å². The van der Waals surface area contributed by atoms with Crippen molar-refractivity contribution in [3.8, 4) is 0 Å². The fraction of sp³-hybridized carbons (Fsp3) is 0.259. The quantitative estimate of drug-likeness (QED) is 0.371. The highest BCUT2D eigenvalue weighted by Crippen LogP contribution is 2.18. The molecule has 5 nitrogen and oxygen atoms in total. The van der Waals surface area contributed by atoms with Gasteiger partial charge in [-0.15, -0.1) is 0 Å². The van der Waals surface area contributed by atoms with Gasteiger partial charge in [0.15, 0.2) is 12.1 Å². The number of ether oxygens (including phenoxy) is 3. The number of hydrogen-bond donors (Lipinski definition) is 0. The number of carbonyl (C=O) groups excluding carboxylic acids is 2. The minimum atomic E-state index is -0.969. The smallest absolute Gasteiger partial charge is 0.161 e. The lowest BCUT2D eigenvalue weighted by molar-refractivity contribution is -0.167. The average molecular weight is 433 g/mol. The van der Waals surface area contributed by atoms with Crippen molar-refractivity contribution in [2.75, 3.05) is 0 Å². The zero-order chi connectivity index (χ0) is 22.6. The van der Waals surface area contributed by atoms with E-state index in [1.165, 1.54) is 6.92 Å². The summed E-state index contributed by atoms with van der Waals surface area (Å²) in [5.41, 5.74) is 2.77. The predicted octanol–water partition coefficient (Wildman–Crippen LogP) is 4.53. The molecule has 32 heavy (non-hydrogen) atoms. The zero-order valence-electron chi connectivity index (χ0n) is 18.1. The van der Waals surface area contributed by atoms with Crippen LogP contribution in [0.3, 0.4) is 0 Å². The van der Waals surface area contributed by atoms with Crippen molar-refractivity contribution in [1.29, 1.82) is 0 Å². The Kier molecular flexibility index (Phi) is 9.32. The molecule has 0 heterocycles. The first-order valence-electron chi connectivity index (χ1n) is 10.6. The summed E-state index contributed by atoms with van der Waals surface area (Å²) >= 11 is 0. The summed E-state index contributed by atoms with van der Waals surface area (Å²) < 4.78 is 17.9. The van der Waals surface area contributed by atoms with Crippen molar-refractivity contribution in [1.82, 2.24) is 0 Å². The van der Waals surface area contributed by atoms with Gasteiger partial charge in [-0.1, -0.05) is 91.0 Å². The Balaban J connectivity index is 1.76. The summed E-state index contributed by atoms with van der Waals surface area (Å²) in [4.78, 5) is 24.5. The Morgan fingerprint density at radius 1 is 0.688 bits per heavy atom. The maximum atomic E-state index is 12.5. The summed E-state index contributed by atoms with van der Waals surface area (Å²) in [5, 5.41) is 0. The van der Waals surface area contributed by atoms with Crippen LogP contribution in [-0.4, -0.2) is 30.4 Å². The second-order valence-corrected chi connectivity index (χ2v) is 7.49. The molecule has 0 radical (unpaired) electrons. The minimum Gasteiger partial charge on any atom is -0.367 e. The molecule has 0 aliphatic carbocycles. The van der Waals surface area contributed by atoms with Crippen LogP contribution in [0.5, 0.6) is 0 Å². The average Bonchev–Trinajstić information content (AvgIpc) is 2.84. The van der Waals surface area contributed by atoms with Crippen LogP contribution in [0.25, 0.3) is 0 Å². The molecule has 0 unspecified atom stereocenters. The van der Waals surface area contributed by atoms with Gasteiger partial charge in [0, 0.05) is 0 Å². The van der Waals surface area contributed by atoms with E-state index < -0.39 is 18.3 Å². The van der Waals surface area contributed by atoms with Crippen LogP contribution in [0.2, 0.25) is 0 Å². The first-order valence-corrected chi connectivity index (χ1v) is 10.6. The summed E-state index contributed by atoms with van der Waals surface area (Å²) in [6.45, 7) is 2.11. The third-order valence-corrected chi connectivity index (χ3v) is 5.00. The molecule has 5 heteroatoms. The molecule has 0 saturated heterocycles. The second kappa shape index (κ2) is 12.7. The summed E-state index contributed by atoms with van der Waals surface area (Å²) in [7, 11) is 0. The highest BCUT2D eigenvalue weighted by molar-refractivity contribution is 5.82.